The molecule has 0 fully saturated rings. The molecule has 0 bridgehead atoms. The molecule has 6 heteroatoms. The predicted octanol–water partition coefficient (Wildman–Crippen LogP) is 3.21. The number of hydrogen-bond donors (Lipinski definition) is 2. The molecule has 23 heavy (non-hydrogen) atoms. The van der Waals surface area contributed by atoms with Gasteiger partial charge in [-0.05, 0) is 36.4 Å². The van der Waals surface area contributed by atoms with Gasteiger partial charge in [0.25, 0.3) is 0 Å². The van der Waals surface area contributed by atoms with Gasteiger partial charge in [-0.1, -0.05) is 30.3 Å². The van der Waals surface area contributed by atoms with Crippen molar-refractivity contribution >= 4 is 15.7 Å². The molecule has 3 rings (SSSR count). The number of hydrogen-bond acceptors (Lipinski definition) is 4. The quantitative estimate of drug-likeness (QED) is 0.753. The van der Waals surface area contributed by atoms with Crippen LogP contribution in [0.25, 0.3) is 11.3 Å². The second-order valence-corrected chi connectivity index (χ2v) is 6.62. The van der Waals surface area contributed by atoms with E-state index in [-0.39, 0.29) is 4.90 Å². The smallest absolute Gasteiger partial charge is 0.238 e. The van der Waals surface area contributed by atoms with Crippen molar-refractivity contribution in [2.24, 2.45) is 5.14 Å². The van der Waals surface area contributed by atoms with Gasteiger partial charge < -0.3 is 9.73 Å². The Kier molecular flexibility index (Phi) is 4.18. The lowest BCUT2D eigenvalue weighted by atomic mass is 10.2. The van der Waals surface area contributed by atoms with Crippen molar-refractivity contribution in [2.45, 2.75) is 11.4 Å². The van der Waals surface area contributed by atoms with Crippen LogP contribution in [0.2, 0.25) is 0 Å². The Bertz CT molecular complexity index is 885. The molecule has 0 aliphatic carbocycles. The third-order valence-electron chi connectivity index (χ3n) is 3.37. The molecule has 0 saturated carbocycles. The number of nitrogens with one attached hydrogen (secondary N) is 1. The van der Waals surface area contributed by atoms with E-state index in [0.29, 0.717) is 6.54 Å². The highest BCUT2D eigenvalue weighted by atomic mass is 32.2. The van der Waals surface area contributed by atoms with E-state index in [2.05, 4.69) is 5.32 Å². The molecule has 1 heterocycles. The van der Waals surface area contributed by atoms with E-state index in [1.54, 1.807) is 12.1 Å². The molecule has 118 valence electrons. The number of anilines is 1. The highest BCUT2D eigenvalue weighted by Crippen LogP contribution is 2.22. The Morgan fingerprint density at radius 1 is 0.913 bits per heavy atom. The average Bonchev–Trinajstić information content (AvgIpc) is 3.02. The number of furan rings is 1. The molecule has 3 N–H and O–H groups in total. The second-order valence-electron chi connectivity index (χ2n) is 5.05. The van der Waals surface area contributed by atoms with Gasteiger partial charge in [-0.2, -0.15) is 0 Å². The highest BCUT2D eigenvalue weighted by molar-refractivity contribution is 7.89. The molecule has 3 aromatic rings. The molecule has 2 aromatic carbocycles. The predicted molar refractivity (Wildman–Crippen MR) is 89.3 cm³/mol. The zero-order chi connectivity index (χ0) is 16.3. The normalized spacial score (nSPS) is 11.3. The van der Waals surface area contributed by atoms with Crippen molar-refractivity contribution in [3.8, 4) is 11.3 Å². The fraction of sp³-hybridized carbons (Fsp3) is 0.0588. The summed E-state index contributed by atoms with van der Waals surface area (Å²) in [6.07, 6.45) is 0. The van der Waals surface area contributed by atoms with Crippen LogP contribution >= 0.6 is 0 Å². The molecular weight excluding hydrogens is 312 g/mol. The van der Waals surface area contributed by atoms with Crippen LogP contribution in [-0.4, -0.2) is 8.42 Å². The largest absolute Gasteiger partial charge is 0.459 e. The molecule has 0 radical (unpaired) electrons. The Labute approximate surface area is 134 Å². The second kappa shape index (κ2) is 6.28. The van der Waals surface area contributed by atoms with E-state index in [1.165, 1.54) is 12.1 Å². The first kappa shape index (κ1) is 15.3. The maximum atomic E-state index is 11.2. The van der Waals surface area contributed by atoms with E-state index in [1.807, 2.05) is 42.5 Å². The summed E-state index contributed by atoms with van der Waals surface area (Å²) >= 11 is 0. The van der Waals surface area contributed by atoms with Gasteiger partial charge in [-0.3, -0.25) is 0 Å². The topological polar surface area (TPSA) is 85.3 Å². The first-order chi connectivity index (χ1) is 11.0. The fourth-order valence-electron chi connectivity index (χ4n) is 2.18. The molecule has 0 aliphatic rings. The van der Waals surface area contributed by atoms with E-state index in [0.717, 1.165) is 22.8 Å². The molecule has 0 amide bonds. The molecule has 0 unspecified atom stereocenters. The van der Waals surface area contributed by atoms with Crippen molar-refractivity contribution < 1.29 is 12.8 Å². The van der Waals surface area contributed by atoms with Gasteiger partial charge in [0.2, 0.25) is 10.0 Å². The Morgan fingerprint density at radius 3 is 2.26 bits per heavy atom. The van der Waals surface area contributed by atoms with Gasteiger partial charge in [-0.15, -0.1) is 0 Å². The number of nitrogens with two attached hydrogens (primary N) is 1. The van der Waals surface area contributed by atoms with Crippen LogP contribution < -0.4 is 10.5 Å². The Hall–Kier alpha value is -2.57. The molecule has 0 aliphatic heterocycles. The third kappa shape index (κ3) is 3.80. The first-order valence-electron chi connectivity index (χ1n) is 7.03. The summed E-state index contributed by atoms with van der Waals surface area (Å²) in [5.41, 5.74) is 1.81. The van der Waals surface area contributed by atoms with Gasteiger partial charge in [0.15, 0.2) is 0 Å². The summed E-state index contributed by atoms with van der Waals surface area (Å²) in [7, 11) is -3.66. The van der Waals surface area contributed by atoms with Crippen molar-refractivity contribution in [1.82, 2.24) is 0 Å². The Morgan fingerprint density at radius 2 is 1.61 bits per heavy atom. The number of rotatable bonds is 5. The van der Waals surface area contributed by atoms with Crippen LogP contribution in [0.3, 0.4) is 0 Å². The van der Waals surface area contributed by atoms with Gasteiger partial charge in [0.05, 0.1) is 11.4 Å². The minimum atomic E-state index is -3.66. The summed E-state index contributed by atoms with van der Waals surface area (Å²) in [6, 6.07) is 20.0. The molecule has 0 spiro atoms. The van der Waals surface area contributed by atoms with E-state index in [9.17, 15) is 8.42 Å². The lowest BCUT2D eigenvalue weighted by Gasteiger charge is -2.05. The maximum Gasteiger partial charge on any atom is 0.238 e. The lowest BCUT2D eigenvalue weighted by Crippen LogP contribution is -2.11. The third-order valence-corrected chi connectivity index (χ3v) is 4.30. The van der Waals surface area contributed by atoms with Crippen LogP contribution in [0.1, 0.15) is 5.76 Å². The minimum absolute atomic E-state index is 0.0902. The molecule has 5 nitrogen and oxygen atoms in total. The summed E-state index contributed by atoms with van der Waals surface area (Å²) in [6.45, 7) is 0.502. The van der Waals surface area contributed by atoms with Gasteiger partial charge in [0, 0.05) is 11.3 Å². The zero-order valence-corrected chi connectivity index (χ0v) is 13.1. The highest BCUT2D eigenvalue weighted by Gasteiger charge is 2.07. The summed E-state index contributed by atoms with van der Waals surface area (Å²) in [5, 5.41) is 8.24. The van der Waals surface area contributed by atoms with Crippen LogP contribution in [0.5, 0.6) is 0 Å². The lowest BCUT2D eigenvalue weighted by molar-refractivity contribution is 0.531. The SMILES string of the molecule is NS(=O)(=O)c1ccc(NCc2ccc(-c3ccccc3)o2)cc1. The molecular formula is C17H16N2O3S. The van der Waals surface area contributed by atoms with Crippen LogP contribution in [0, 0.1) is 0 Å². The number of sulfonamides is 1. The Balaban J connectivity index is 1.66. The summed E-state index contributed by atoms with van der Waals surface area (Å²) < 4.78 is 28.2. The molecule has 1 aromatic heterocycles. The van der Waals surface area contributed by atoms with E-state index in [4.69, 9.17) is 9.56 Å². The zero-order valence-electron chi connectivity index (χ0n) is 12.3. The standard InChI is InChI=1S/C17H16N2O3S/c18-23(20,21)16-9-6-14(7-10-16)19-12-15-8-11-17(22-15)13-4-2-1-3-5-13/h1-11,19H,12H2,(H2,18,20,21). The van der Waals surface area contributed by atoms with Crippen molar-refractivity contribution in [3.63, 3.8) is 0 Å². The van der Waals surface area contributed by atoms with Crippen LogP contribution in [0.15, 0.2) is 76.0 Å². The number of benzene rings is 2. The van der Waals surface area contributed by atoms with Crippen molar-refractivity contribution in [3.05, 3.63) is 72.5 Å². The van der Waals surface area contributed by atoms with Crippen LogP contribution in [0.4, 0.5) is 5.69 Å². The maximum absolute atomic E-state index is 11.2. The van der Waals surface area contributed by atoms with Crippen molar-refractivity contribution in [2.75, 3.05) is 5.32 Å². The van der Waals surface area contributed by atoms with E-state index < -0.39 is 10.0 Å². The summed E-state index contributed by atoms with van der Waals surface area (Å²) in [5.74, 6) is 1.60. The molecule has 0 saturated heterocycles. The van der Waals surface area contributed by atoms with Crippen LogP contribution in [-0.2, 0) is 16.6 Å². The average molecular weight is 328 g/mol. The van der Waals surface area contributed by atoms with Gasteiger partial charge >= 0.3 is 0 Å². The van der Waals surface area contributed by atoms with Gasteiger partial charge in [0.1, 0.15) is 11.5 Å². The van der Waals surface area contributed by atoms with Gasteiger partial charge in [-0.25, -0.2) is 13.6 Å². The summed E-state index contributed by atoms with van der Waals surface area (Å²) in [4.78, 5) is 0.0902. The number of primary sulfonamides is 1. The fourth-order valence-corrected chi connectivity index (χ4v) is 2.70. The van der Waals surface area contributed by atoms with E-state index >= 15 is 0 Å². The van der Waals surface area contributed by atoms with Crippen molar-refractivity contribution in [1.29, 1.82) is 0 Å². The monoisotopic (exact) mass is 328 g/mol. The molecule has 0 atom stereocenters. The first-order valence-corrected chi connectivity index (χ1v) is 8.58. The minimum Gasteiger partial charge on any atom is -0.459 e.